The van der Waals surface area contributed by atoms with Crippen LogP contribution in [0.25, 0.3) is 5.65 Å². The average molecular weight is 434 g/mol. The first-order valence-electron chi connectivity index (χ1n) is 10.4. The van der Waals surface area contributed by atoms with E-state index in [9.17, 15) is 4.79 Å². The number of carbonyl (C=O) groups excluding carboxylic acids is 1. The summed E-state index contributed by atoms with van der Waals surface area (Å²) in [4.78, 5) is 16.4. The first-order chi connectivity index (χ1) is 15.2. The standard InChI is InChI=1S/C23H23N5O2S/c1-16-13-18(30-26-16)15-31-20-9-3-2-8-19(20)23(29)27-11-6-7-17(14-27)22-25-24-21-10-4-5-12-28(21)22/h2-5,8-10,12-13,17H,6-7,11,14-15H2,1H3. The molecule has 1 aromatic carbocycles. The number of rotatable bonds is 5. The number of likely N-dealkylation sites (tertiary alicyclic amines) is 1. The van der Waals surface area contributed by atoms with Crippen LogP contribution >= 0.6 is 11.8 Å². The minimum Gasteiger partial charge on any atom is -0.360 e. The zero-order valence-corrected chi connectivity index (χ0v) is 18.1. The van der Waals surface area contributed by atoms with Gasteiger partial charge in [0.2, 0.25) is 0 Å². The van der Waals surface area contributed by atoms with Crippen LogP contribution in [-0.2, 0) is 5.75 Å². The van der Waals surface area contributed by atoms with E-state index in [1.807, 2.05) is 71.0 Å². The number of thioether (sulfide) groups is 1. The molecule has 0 aliphatic carbocycles. The van der Waals surface area contributed by atoms with Crippen molar-refractivity contribution in [2.45, 2.75) is 36.3 Å². The van der Waals surface area contributed by atoms with Crippen molar-refractivity contribution in [1.29, 1.82) is 0 Å². The monoisotopic (exact) mass is 433 g/mol. The zero-order valence-electron chi connectivity index (χ0n) is 17.3. The topological polar surface area (TPSA) is 76.5 Å². The van der Waals surface area contributed by atoms with Gasteiger partial charge in [0.05, 0.1) is 17.0 Å². The predicted octanol–water partition coefficient (Wildman–Crippen LogP) is 4.34. The van der Waals surface area contributed by atoms with Crippen LogP contribution in [0, 0.1) is 6.92 Å². The molecule has 3 aromatic heterocycles. The Labute approximate surface area is 184 Å². The number of benzene rings is 1. The molecule has 0 radical (unpaired) electrons. The summed E-state index contributed by atoms with van der Waals surface area (Å²) >= 11 is 1.60. The maximum Gasteiger partial charge on any atom is 0.255 e. The summed E-state index contributed by atoms with van der Waals surface area (Å²) < 4.78 is 7.34. The number of aryl methyl sites for hydroxylation is 1. The van der Waals surface area contributed by atoms with Crippen molar-refractivity contribution in [2.24, 2.45) is 0 Å². The fourth-order valence-electron chi connectivity index (χ4n) is 4.08. The summed E-state index contributed by atoms with van der Waals surface area (Å²) in [5.74, 6) is 2.61. The van der Waals surface area contributed by atoms with E-state index in [0.717, 1.165) is 52.8 Å². The summed E-state index contributed by atoms with van der Waals surface area (Å²) in [6.45, 7) is 3.31. The molecule has 1 atom stereocenters. The molecule has 1 aliphatic heterocycles. The molecule has 158 valence electrons. The Bertz CT molecular complexity index is 1220. The van der Waals surface area contributed by atoms with Crippen LogP contribution in [0.4, 0.5) is 0 Å². The van der Waals surface area contributed by atoms with Gasteiger partial charge in [0.15, 0.2) is 5.65 Å². The lowest BCUT2D eigenvalue weighted by Gasteiger charge is -2.32. The molecule has 4 aromatic rings. The summed E-state index contributed by atoms with van der Waals surface area (Å²) in [6.07, 6.45) is 3.94. The van der Waals surface area contributed by atoms with Crippen molar-refractivity contribution in [3.05, 3.63) is 77.6 Å². The average Bonchev–Trinajstić information content (AvgIpc) is 3.43. The van der Waals surface area contributed by atoms with Crippen LogP contribution in [0.15, 0.2) is 64.1 Å². The number of hydrogen-bond acceptors (Lipinski definition) is 6. The lowest BCUT2D eigenvalue weighted by atomic mass is 9.96. The van der Waals surface area contributed by atoms with Crippen molar-refractivity contribution in [3.63, 3.8) is 0 Å². The highest BCUT2D eigenvalue weighted by atomic mass is 32.2. The van der Waals surface area contributed by atoms with Crippen LogP contribution < -0.4 is 0 Å². The van der Waals surface area contributed by atoms with Gasteiger partial charge in [-0.05, 0) is 44.0 Å². The van der Waals surface area contributed by atoms with E-state index in [1.165, 1.54) is 0 Å². The van der Waals surface area contributed by atoms with Crippen LogP contribution in [0.2, 0.25) is 0 Å². The Balaban J connectivity index is 1.34. The Morgan fingerprint density at radius 1 is 1.19 bits per heavy atom. The van der Waals surface area contributed by atoms with Crippen LogP contribution in [0.3, 0.4) is 0 Å². The summed E-state index contributed by atoms with van der Waals surface area (Å²) in [5.41, 5.74) is 2.43. The quantitative estimate of drug-likeness (QED) is 0.436. The number of fused-ring (bicyclic) bond motifs is 1. The third kappa shape index (κ3) is 4.07. The molecule has 7 nitrogen and oxygen atoms in total. The lowest BCUT2D eigenvalue weighted by molar-refractivity contribution is 0.0700. The second kappa shape index (κ2) is 8.55. The van der Waals surface area contributed by atoms with Gasteiger partial charge in [0.1, 0.15) is 11.6 Å². The summed E-state index contributed by atoms with van der Waals surface area (Å²) in [6, 6.07) is 15.6. The van der Waals surface area contributed by atoms with E-state index in [4.69, 9.17) is 4.52 Å². The van der Waals surface area contributed by atoms with E-state index in [0.29, 0.717) is 12.3 Å². The number of aromatic nitrogens is 4. The molecule has 8 heteroatoms. The molecule has 1 saturated heterocycles. The third-order valence-corrected chi connectivity index (χ3v) is 6.67. The molecule has 4 heterocycles. The molecule has 1 unspecified atom stereocenters. The first-order valence-corrected chi connectivity index (χ1v) is 11.4. The van der Waals surface area contributed by atoms with Crippen molar-refractivity contribution >= 4 is 23.3 Å². The van der Waals surface area contributed by atoms with Crippen LogP contribution in [0.5, 0.6) is 0 Å². The van der Waals surface area contributed by atoms with E-state index in [1.54, 1.807) is 11.8 Å². The smallest absolute Gasteiger partial charge is 0.255 e. The Morgan fingerprint density at radius 2 is 2.06 bits per heavy atom. The molecule has 0 spiro atoms. The molecule has 1 fully saturated rings. The second-order valence-corrected chi connectivity index (χ2v) is 8.81. The molecule has 5 rings (SSSR count). The third-order valence-electron chi connectivity index (χ3n) is 5.58. The molecule has 1 amide bonds. The molecule has 1 aliphatic rings. The van der Waals surface area contributed by atoms with Crippen LogP contribution in [-0.4, -0.2) is 43.7 Å². The number of piperidine rings is 1. The number of nitrogens with zero attached hydrogens (tertiary/aromatic N) is 5. The van der Waals surface area contributed by atoms with Gasteiger partial charge < -0.3 is 9.42 Å². The first kappa shape index (κ1) is 19.8. The maximum absolute atomic E-state index is 13.4. The Morgan fingerprint density at radius 3 is 2.94 bits per heavy atom. The van der Waals surface area contributed by atoms with Crippen molar-refractivity contribution < 1.29 is 9.32 Å². The van der Waals surface area contributed by atoms with Gasteiger partial charge in [0.25, 0.3) is 5.91 Å². The van der Waals surface area contributed by atoms with Gasteiger partial charge in [-0.1, -0.05) is 23.4 Å². The molecule has 0 saturated carbocycles. The van der Waals surface area contributed by atoms with E-state index < -0.39 is 0 Å². The predicted molar refractivity (Wildman–Crippen MR) is 118 cm³/mol. The van der Waals surface area contributed by atoms with Gasteiger partial charge in [-0.3, -0.25) is 9.20 Å². The maximum atomic E-state index is 13.4. The fourth-order valence-corrected chi connectivity index (χ4v) is 5.00. The van der Waals surface area contributed by atoms with E-state index in [-0.39, 0.29) is 11.8 Å². The second-order valence-electron chi connectivity index (χ2n) is 7.80. The highest BCUT2D eigenvalue weighted by molar-refractivity contribution is 7.98. The van der Waals surface area contributed by atoms with Crippen molar-refractivity contribution in [3.8, 4) is 0 Å². The number of amides is 1. The van der Waals surface area contributed by atoms with E-state index >= 15 is 0 Å². The van der Waals surface area contributed by atoms with Crippen molar-refractivity contribution in [2.75, 3.05) is 13.1 Å². The number of hydrogen-bond donors (Lipinski definition) is 0. The Kier molecular flexibility index (Phi) is 5.46. The number of carbonyl (C=O) groups is 1. The van der Waals surface area contributed by atoms with Gasteiger partial charge in [-0.25, -0.2) is 0 Å². The molecular formula is C23H23N5O2S. The van der Waals surface area contributed by atoms with Gasteiger partial charge in [0, 0.05) is 36.2 Å². The minimum absolute atomic E-state index is 0.0652. The normalized spacial score (nSPS) is 16.7. The zero-order chi connectivity index (χ0) is 21.2. The Hall–Kier alpha value is -3.13. The van der Waals surface area contributed by atoms with Gasteiger partial charge in [-0.15, -0.1) is 22.0 Å². The summed E-state index contributed by atoms with van der Waals surface area (Å²) in [5, 5.41) is 12.6. The van der Waals surface area contributed by atoms with Crippen molar-refractivity contribution in [1.82, 2.24) is 24.7 Å². The fraction of sp³-hybridized carbons (Fsp3) is 0.304. The SMILES string of the molecule is Cc1cc(CSc2ccccc2C(=O)N2CCCC(c3nnc4ccccn34)C2)on1. The van der Waals surface area contributed by atoms with Crippen LogP contribution in [0.1, 0.15) is 46.4 Å². The highest BCUT2D eigenvalue weighted by Crippen LogP contribution is 2.31. The van der Waals surface area contributed by atoms with E-state index in [2.05, 4.69) is 15.4 Å². The molecule has 0 bridgehead atoms. The molecular weight excluding hydrogens is 410 g/mol. The summed E-state index contributed by atoms with van der Waals surface area (Å²) in [7, 11) is 0. The molecule has 0 N–H and O–H groups in total. The highest BCUT2D eigenvalue weighted by Gasteiger charge is 2.29. The van der Waals surface area contributed by atoms with Gasteiger partial charge in [-0.2, -0.15) is 0 Å². The lowest BCUT2D eigenvalue weighted by Crippen LogP contribution is -2.39. The largest absolute Gasteiger partial charge is 0.360 e. The van der Waals surface area contributed by atoms with Gasteiger partial charge >= 0.3 is 0 Å². The molecule has 31 heavy (non-hydrogen) atoms. The number of pyridine rings is 1. The minimum atomic E-state index is 0.0652.